The summed E-state index contributed by atoms with van der Waals surface area (Å²) >= 11 is 0. The Morgan fingerprint density at radius 1 is 1.33 bits per heavy atom. The van der Waals surface area contributed by atoms with Crippen LogP contribution in [0.25, 0.3) is 11.4 Å². The van der Waals surface area contributed by atoms with E-state index in [2.05, 4.69) is 25.9 Å². The number of ether oxygens (including phenoxy) is 1. The first-order valence-electron chi connectivity index (χ1n) is 6.04. The molecule has 0 aliphatic carbocycles. The van der Waals surface area contributed by atoms with Crippen molar-refractivity contribution in [3.05, 3.63) is 36.2 Å². The van der Waals surface area contributed by atoms with Gasteiger partial charge in [0.2, 0.25) is 0 Å². The first-order valence-corrected chi connectivity index (χ1v) is 6.04. The number of hydrogen-bond donors (Lipinski definition) is 3. The molecule has 108 valence electrons. The van der Waals surface area contributed by atoms with E-state index in [4.69, 9.17) is 10.3 Å². The predicted molar refractivity (Wildman–Crippen MR) is 76.1 cm³/mol. The fraction of sp³-hybridized carbons (Fsp3) is 0.154. The SMILES string of the molecule is COc1cc(-c2ncc(C)cn2)ccc1NNC(=O)N=N. The van der Waals surface area contributed by atoms with Gasteiger partial charge in [-0.25, -0.2) is 20.2 Å². The molecular formula is C13H14N6O2. The maximum atomic E-state index is 10.9. The number of aromatic nitrogens is 2. The number of carbonyl (C=O) groups is 1. The normalized spacial score (nSPS) is 9.81. The van der Waals surface area contributed by atoms with Gasteiger partial charge in [0.25, 0.3) is 0 Å². The molecule has 1 heterocycles. The number of nitrogens with zero attached hydrogens (tertiary/aromatic N) is 3. The summed E-state index contributed by atoms with van der Waals surface area (Å²) in [5.74, 6) is 1.08. The van der Waals surface area contributed by atoms with Crippen molar-refractivity contribution in [3.63, 3.8) is 0 Å². The molecule has 0 aliphatic rings. The Bertz CT molecular complexity index is 656. The molecule has 0 fully saturated rings. The first-order chi connectivity index (χ1) is 10.1. The number of aryl methyl sites for hydroxylation is 1. The molecule has 2 rings (SSSR count). The van der Waals surface area contributed by atoms with Crippen LogP contribution in [0.15, 0.2) is 35.7 Å². The lowest BCUT2D eigenvalue weighted by molar-refractivity contribution is 0.249. The third kappa shape index (κ3) is 3.50. The first kappa shape index (κ1) is 14.4. The summed E-state index contributed by atoms with van der Waals surface area (Å²) in [5.41, 5.74) is 13.7. The summed E-state index contributed by atoms with van der Waals surface area (Å²) in [6.07, 6.45) is 3.47. The summed E-state index contributed by atoms with van der Waals surface area (Å²) < 4.78 is 5.25. The van der Waals surface area contributed by atoms with Crippen LogP contribution in [0.2, 0.25) is 0 Å². The van der Waals surface area contributed by atoms with Crippen LogP contribution in [-0.2, 0) is 0 Å². The van der Waals surface area contributed by atoms with Gasteiger partial charge in [0.1, 0.15) is 5.75 Å². The molecule has 3 N–H and O–H groups in total. The number of nitrogens with one attached hydrogen (secondary N) is 3. The number of amides is 2. The van der Waals surface area contributed by atoms with Crippen molar-refractivity contribution in [3.8, 4) is 17.1 Å². The molecule has 0 unspecified atom stereocenters. The lowest BCUT2D eigenvalue weighted by atomic mass is 10.1. The zero-order chi connectivity index (χ0) is 15.2. The Kier molecular flexibility index (Phi) is 4.39. The van der Waals surface area contributed by atoms with Crippen LogP contribution in [0.4, 0.5) is 10.5 Å². The zero-order valence-electron chi connectivity index (χ0n) is 11.5. The van der Waals surface area contributed by atoms with E-state index < -0.39 is 6.03 Å². The molecule has 21 heavy (non-hydrogen) atoms. The smallest absolute Gasteiger partial charge is 0.377 e. The van der Waals surface area contributed by atoms with Gasteiger partial charge in [-0.3, -0.25) is 5.43 Å². The van der Waals surface area contributed by atoms with Crippen molar-refractivity contribution in [1.29, 1.82) is 5.53 Å². The topological polar surface area (TPSA) is 112 Å². The molecular weight excluding hydrogens is 272 g/mol. The predicted octanol–water partition coefficient (Wildman–Crippen LogP) is 2.53. The molecule has 0 radical (unpaired) electrons. The van der Waals surface area contributed by atoms with E-state index in [1.807, 2.05) is 6.92 Å². The lowest BCUT2D eigenvalue weighted by Gasteiger charge is -2.12. The molecule has 0 bridgehead atoms. The van der Waals surface area contributed by atoms with E-state index in [0.717, 1.165) is 11.1 Å². The van der Waals surface area contributed by atoms with E-state index in [1.165, 1.54) is 7.11 Å². The third-order valence-corrected chi connectivity index (χ3v) is 2.65. The molecule has 8 heteroatoms. The number of carbonyl (C=O) groups excluding carboxylic acids is 1. The van der Waals surface area contributed by atoms with Crippen LogP contribution >= 0.6 is 0 Å². The molecule has 8 nitrogen and oxygen atoms in total. The Labute approximate surface area is 121 Å². The van der Waals surface area contributed by atoms with Gasteiger partial charge in [0.15, 0.2) is 5.82 Å². The fourth-order valence-corrected chi connectivity index (χ4v) is 1.62. The minimum Gasteiger partial charge on any atom is -0.494 e. The van der Waals surface area contributed by atoms with Gasteiger partial charge in [0, 0.05) is 18.0 Å². The highest BCUT2D eigenvalue weighted by Gasteiger charge is 2.08. The Hall–Kier alpha value is -3.03. The van der Waals surface area contributed by atoms with E-state index in [9.17, 15) is 4.79 Å². The molecule has 0 aliphatic heterocycles. The van der Waals surface area contributed by atoms with Gasteiger partial charge in [-0.1, -0.05) is 5.11 Å². The molecule has 2 aromatic rings. The molecule has 2 amide bonds. The number of benzene rings is 1. The maximum Gasteiger partial charge on any atom is 0.377 e. The Morgan fingerprint density at radius 2 is 2.05 bits per heavy atom. The lowest BCUT2D eigenvalue weighted by Crippen LogP contribution is -2.26. The van der Waals surface area contributed by atoms with E-state index in [0.29, 0.717) is 17.3 Å². The van der Waals surface area contributed by atoms with Crippen molar-refractivity contribution in [2.75, 3.05) is 12.5 Å². The molecule has 1 aromatic carbocycles. The highest BCUT2D eigenvalue weighted by molar-refractivity contribution is 5.76. The Morgan fingerprint density at radius 3 is 2.67 bits per heavy atom. The van der Waals surface area contributed by atoms with Crippen LogP contribution in [0.1, 0.15) is 5.56 Å². The van der Waals surface area contributed by atoms with E-state index in [-0.39, 0.29) is 0 Å². The van der Waals surface area contributed by atoms with Crippen LogP contribution in [-0.4, -0.2) is 23.1 Å². The second kappa shape index (κ2) is 6.42. The van der Waals surface area contributed by atoms with Gasteiger partial charge in [-0.15, -0.1) is 0 Å². The summed E-state index contributed by atoms with van der Waals surface area (Å²) in [4.78, 5) is 19.4. The van der Waals surface area contributed by atoms with Crippen molar-refractivity contribution in [2.24, 2.45) is 5.11 Å². The molecule has 0 atom stereocenters. The highest BCUT2D eigenvalue weighted by atomic mass is 16.5. The maximum absolute atomic E-state index is 10.9. The largest absolute Gasteiger partial charge is 0.494 e. The average Bonchev–Trinajstić information content (AvgIpc) is 2.53. The van der Waals surface area contributed by atoms with Crippen LogP contribution in [0.5, 0.6) is 5.75 Å². The standard InChI is InChI=1S/C13H14N6O2/c1-8-6-15-12(16-7-8)9-3-4-10(11(5-9)21-2)18-19-13(20)17-14/h3-7,14,18H,1-2H3,(H,19,20). The number of methoxy groups -OCH3 is 1. The number of hydrazine groups is 1. The van der Waals surface area contributed by atoms with E-state index >= 15 is 0 Å². The van der Waals surface area contributed by atoms with Crippen molar-refractivity contribution in [1.82, 2.24) is 15.4 Å². The fourth-order valence-electron chi connectivity index (χ4n) is 1.62. The van der Waals surface area contributed by atoms with Gasteiger partial charge >= 0.3 is 6.03 Å². The van der Waals surface area contributed by atoms with Crippen molar-refractivity contribution in [2.45, 2.75) is 6.92 Å². The molecule has 0 spiro atoms. The average molecular weight is 286 g/mol. The monoisotopic (exact) mass is 286 g/mol. The summed E-state index contributed by atoms with van der Waals surface area (Å²) in [5, 5.41) is 2.71. The van der Waals surface area contributed by atoms with Gasteiger partial charge in [-0.2, -0.15) is 5.53 Å². The van der Waals surface area contributed by atoms with Crippen molar-refractivity contribution >= 4 is 11.7 Å². The zero-order valence-corrected chi connectivity index (χ0v) is 11.5. The summed E-state index contributed by atoms with van der Waals surface area (Å²) in [6.45, 7) is 1.91. The highest BCUT2D eigenvalue weighted by Crippen LogP contribution is 2.28. The third-order valence-electron chi connectivity index (χ3n) is 2.65. The minimum absolute atomic E-state index is 0.502. The molecule has 0 saturated carbocycles. The quantitative estimate of drug-likeness (QED) is 0.590. The Balaban J connectivity index is 2.25. The summed E-state index contributed by atoms with van der Waals surface area (Å²) in [7, 11) is 1.51. The van der Waals surface area contributed by atoms with Crippen molar-refractivity contribution < 1.29 is 9.53 Å². The number of urea groups is 1. The second-order valence-electron chi connectivity index (χ2n) is 4.17. The number of anilines is 1. The second-order valence-corrected chi connectivity index (χ2v) is 4.17. The van der Waals surface area contributed by atoms with E-state index in [1.54, 1.807) is 30.6 Å². The van der Waals surface area contributed by atoms with Gasteiger partial charge < -0.3 is 4.74 Å². The van der Waals surface area contributed by atoms with Crippen LogP contribution in [0.3, 0.4) is 0 Å². The van der Waals surface area contributed by atoms with Gasteiger partial charge in [-0.05, 0) is 30.7 Å². The number of rotatable bonds is 4. The van der Waals surface area contributed by atoms with Gasteiger partial charge in [0.05, 0.1) is 12.8 Å². The van der Waals surface area contributed by atoms with Crippen LogP contribution < -0.4 is 15.6 Å². The molecule has 0 saturated heterocycles. The minimum atomic E-state index is -0.803. The van der Waals surface area contributed by atoms with Crippen LogP contribution in [0, 0.1) is 12.5 Å². The number of hydrogen-bond acceptors (Lipinski definition) is 6. The molecule has 1 aromatic heterocycles. The summed E-state index contributed by atoms with van der Waals surface area (Å²) in [6, 6.07) is 4.45.